The van der Waals surface area contributed by atoms with E-state index in [1.165, 1.54) is 6.07 Å². The molecule has 3 aliphatic rings. The number of aliphatic hydroxyl groups is 1. The third-order valence-electron chi connectivity index (χ3n) is 8.87. The lowest BCUT2D eigenvalue weighted by molar-refractivity contribution is -0.262. The number of likely N-dealkylation sites (tertiary alicyclic amines) is 2. The Bertz CT molecular complexity index is 1300. The third kappa shape index (κ3) is 6.35. The Morgan fingerprint density at radius 1 is 0.810 bits per heavy atom. The molecule has 12 heteroatoms. The highest BCUT2D eigenvalue weighted by atomic mass is 35.5. The molecule has 1 N–H and O–H groups in total. The summed E-state index contributed by atoms with van der Waals surface area (Å²) in [5.41, 5.74) is -2.90. The Balaban J connectivity index is 1.13. The standard InChI is InChI=1S/C30H33Cl3F3N3O3/c31-22-15-21(16-23(32)17-22)29(42,30(34,35)36)28(41)39-12-6-20(7-13-39)14-19-4-10-37(11-5-19)24-2-3-25(26(33)18-24)27(40)38-8-1-9-38/h2-3,15-20,42H,1,4-14H2/t29-/m1/s1. The predicted molar refractivity (Wildman–Crippen MR) is 157 cm³/mol. The molecule has 42 heavy (non-hydrogen) atoms. The summed E-state index contributed by atoms with van der Waals surface area (Å²) in [5, 5.41) is 11.0. The van der Waals surface area contributed by atoms with Gasteiger partial charge in [0.25, 0.3) is 17.4 Å². The first-order valence-electron chi connectivity index (χ1n) is 14.3. The number of piperidine rings is 2. The fourth-order valence-corrected chi connectivity index (χ4v) is 7.02. The predicted octanol–water partition coefficient (Wildman–Crippen LogP) is 6.79. The number of benzene rings is 2. The van der Waals surface area contributed by atoms with Crippen molar-refractivity contribution < 1.29 is 27.9 Å². The van der Waals surface area contributed by atoms with Gasteiger partial charge in [-0.3, -0.25) is 9.59 Å². The van der Waals surface area contributed by atoms with Gasteiger partial charge in [-0.05, 0) is 86.8 Å². The van der Waals surface area contributed by atoms with Crippen molar-refractivity contribution >= 4 is 52.3 Å². The number of anilines is 1. The van der Waals surface area contributed by atoms with E-state index in [0.29, 0.717) is 29.3 Å². The number of rotatable bonds is 6. The van der Waals surface area contributed by atoms with Crippen LogP contribution in [-0.2, 0) is 10.4 Å². The highest BCUT2D eigenvalue weighted by Gasteiger charge is 2.62. The molecule has 6 nitrogen and oxygen atoms in total. The summed E-state index contributed by atoms with van der Waals surface area (Å²) in [6.45, 7) is 3.50. The quantitative estimate of drug-likeness (QED) is 0.376. The first-order chi connectivity index (χ1) is 19.9. The molecule has 5 rings (SSSR count). The number of hydrogen-bond acceptors (Lipinski definition) is 4. The number of carbonyl (C=O) groups excluding carboxylic acids is 2. The normalized spacial score (nSPS) is 20.3. The van der Waals surface area contributed by atoms with Crippen LogP contribution in [0.15, 0.2) is 36.4 Å². The molecule has 2 aromatic rings. The van der Waals surface area contributed by atoms with Gasteiger partial charge in [-0.2, -0.15) is 13.2 Å². The first kappa shape index (κ1) is 31.2. The maximum Gasteiger partial charge on any atom is 0.430 e. The van der Waals surface area contributed by atoms with Gasteiger partial charge in [0.2, 0.25) is 0 Å². The topological polar surface area (TPSA) is 64.1 Å². The highest BCUT2D eigenvalue weighted by molar-refractivity contribution is 6.35. The van der Waals surface area contributed by atoms with E-state index in [4.69, 9.17) is 34.8 Å². The van der Waals surface area contributed by atoms with E-state index in [0.717, 1.165) is 74.6 Å². The molecular weight excluding hydrogens is 614 g/mol. The molecule has 3 aliphatic heterocycles. The minimum Gasteiger partial charge on any atom is -0.371 e. The lowest BCUT2D eigenvalue weighted by atomic mass is 9.82. The lowest BCUT2D eigenvalue weighted by Gasteiger charge is -2.40. The van der Waals surface area contributed by atoms with Crippen LogP contribution in [0.4, 0.5) is 18.9 Å². The molecule has 0 bridgehead atoms. The van der Waals surface area contributed by atoms with Crippen molar-refractivity contribution in [1.82, 2.24) is 9.80 Å². The maximum atomic E-state index is 14.1. The van der Waals surface area contributed by atoms with Crippen molar-refractivity contribution in [3.05, 3.63) is 62.6 Å². The molecule has 2 amide bonds. The van der Waals surface area contributed by atoms with E-state index < -0.39 is 23.2 Å². The Kier molecular flexibility index (Phi) is 9.24. The van der Waals surface area contributed by atoms with E-state index in [-0.39, 0.29) is 35.0 Å². The lowest BCUT2D eigenvalue weighted by Crippen LogP contribution is -2.57. The van der Waals surface area contributed by atoms with Crippen LogP contribution in [-0.4, -0.2) is 72.2 Å². The summed E-state index contributed by atoms with van der Waals surface area (Å²) < 4.78 is 42.3. The Labute approximate surface area is 258 Å². The van der Waals surface area contributed by atoms with Gasteiger partial charge in [-0.15, -0.1) is 0 Å². The van der Waals surface area contributed by atoms with Gasteiger partial charge < -0.3 is 19.8 Å². The highest BCUT2D eigenvalue weighted by Crippen LogP contribution is 2.43. The van der Waals surface area contributed by atoms with E-state index in [1.54, 1.807) is 11.0 Å². The van der Waals surface area contributed by atoms with Crippen LogP contribution in [0.5, 0.6) is 0 Å². The van der Waals surface area contributed by atoms with E-state index in [1.807, 2.05) is 12.1 Å². The summed E-state index contributed by atoms with van der Waals surface area (Å²) in [5.74, 6) is -0.680. The molecule has 0 radical (unpaired) electrons. The molecule has 0 aliphatic carbocycles. The van der Waals surface area contributed by atoms with Crippen molar-refractivity contribution in [2.45, 2.75) is 50.3 Å². The van der Waals surface area contributed by atoms with Gasteiger partial charge in [0.15, 0.2) is 0 Å². The van der Waals surface area contributed by atoms with Crippen LogP contribution in [0.3, 0.4) is 0 Å². The van der Waals surface area contributed by atoms with Gasteiger partial charge in [0.05, 0.1) is 10.6 Å². The molecule has 3 saturated heterocycles. The van der Waals surface area contributed by atoms with Gasteiger partial charge in [0, 0.05) is 60.6 Å². The van der Waals surface area contributed by atoms with Crippen molar-refractivity contribution in [2.24, 2.45) is 11.8 Å². The summed E-state index contributed by atoms with van der Waals surface area (Å²) in [7, 11) is 0. The molecule has 3 heterocycles. The zero-order chi connectivity index (χ0) is 30.2. The Hall–Kier alpha value is -2.20. The molecule has 228 valence electrons. The zero-order valence-corrected chi connectivity index (χ0v) is 25.2. The van der Waals surface area contributed by atoms with E-state index >= 15 is 0 Å². The number of halogens is 6. The van der Waals surface area contributed by atoms with Crippen LogP contribution in [0, 0.1) is 11.8 Å². The van der Waals surface area contributed by atoms with E-state index in [9.17, 15) is 27.9 Å². The fraction of sp³-hybridized carbons (Fsp3) is 0.533. The SMILES string of the molecule is O=C(c1ccc(N2CCC(CC3CCN(C(=O)[C@](O)(c4cc(Cl)cc(Cl)c4)C(F)(F)F)CC3)CC2)cc1Cl)N1CCC1. The van der Waals surface area contributed by atoms with Crippen LogP contribution >= 0.6 is 34.8 Å². The summed E-state index contributed by atoms with van der Waals surface area (Å²) in [4.78, 5) is 30.8. The molecule has 1 atom stereocenters. The van der Waals surface area contributed by atoms with Crippen LogP contribution in [0.2, 0.25) is 15.1 Å². The number of amides is 2. The molecule has 3 fully saturated rings. The smallest absolute Gasteiger partial charge is 0.371 e. The average Bonchev–Trinajstić information content (AvgIpc) is 2.91. The van der Waals surface area contributed by atoms with Crippen LogP contribution in [0.1, 0.15) is 54.4 Å². The molecular formula is C30H33Cl3F3N3O3. The maximum absolute atomic E-state index is 14.1. The fourth-order valence-electron chi connectivity index (χ4n) is 6.23. The third-order valence-corrected chi connectivity index (χ3v) is 9.62. The summed E-state index contributed by atoms with van der Waals surface area (Å²) in [6, 6.07) is 8.71. The van der Waals surface area contributed by atoms with Gasteiger partial charge in [-0.1, -0.05) is 34.8 Å². The zero-order valence-electron chi connectivity index (χ0n) is 23.0. The average molecular weight is 647 g/mol. The molecule has 2 aromatic carbocycles. The first-order valence-corrected chi connectivity index (χ1v) is 15.4. The number of alkyl halides is 3. The number of hydrogen-bond donors (Lipinski definition) is 1. The largest absolute Gasteiger partial charge is 0.430 e. The molecule has 0 aromatic heterocycles. The minimum absolute atomic E-state index is 0.0267. The monoisotopic (exact) mass is 645 g/mol. The number of nitrogens with zero attached hydrogens (tertiary/aromatic N) is 3. The Morgan fingerprint density at radius 3 is 1.88 bits per heavy atom. The minimum atomic E-state index is -5.25. The molecule has 0 spiro atoms. The van der Waals surface area contributed by atoms with Crippen LogP contribution in [0.25, 0.3) is 0 Å². The van der Waals surface area contributed by atoms with Gasteiger partial charge in [-0.25, -0.2) is 0 Å². The summed E-state index contributed by atoms with van der Waals surface area (Å²) >= 11 is 18.2. The van der Waals surface area contributed by atoms with Crippen molar-refractivity contribution in [2.75, 3.05) is 44.2 Å². The second kappa shape index (κ2) is 12.4. The van der Waals surface area contributed by atoms with E-state index in [2.05, 4.69) is 4.90 Å². The molecule has 0 unspecified atom stereocenters. The van der Waals surface area contributed by atoms with Crippen molar-refractivity contribution in [3.63, 3.8) is 0 Å². The van der Waals surface area contributed by atoms with Crippen molar-refractivity contribution in [3.8, 4) is 0 Å². The van der Waals surface area contributed by atoms with Crippen LogP contribution < -0.4 is 4.90 Å². The summed E-state index contributed by atoms with van der Waals surface area (Å²) in [6.07, 6.45) is -0.223. The second-order valence-corrected chi connectivity index (χ2v) is 12.9. The van der Waals surface area contributed by atoms with Gasteiger partial charge in [0.1, 0.15) is 0 Å². The van der Waals surface area contributed by atoms with Gasteiger partial charge >= 0.3 is 6.18 Å². The number of carbonyl (C=O) groups is 2. The van der Waals surface area contributed by atoms with Crippen molar-refractivity contribution in [1.29, 1.82) is 0 Å². The Morgan fingerprint density at radius 2 is 1.38 bits per heavy atom. The second-order valence-electron chi connectivity index (χ2n) is 11.6. The molecule has 0 saturated carbocycles.